The highest BCUT2D eigenvalue weighted by molar-refractivity contribution is 5.81. The molecule has 2 unspecified atom stereocenters. The summed E-state index contributed by atoms with van der Waals surface area (Å²) in [5, 5.41) is 0. The summed E-state index contributed by atoms with van der Waals surface area (Å²) in [5.41, 5.74) is 0. The van der Waals surface area contributed by atoms with Gasteiger partial charge in [-0.2, -0.15) is 0 Å². The molecule has 1 saturated carbocycles. The fourth-order valence-electron chi connectivity index (χ4n) is 1.61. The highest BCUT2D eigenvalue weighted by atomic mass is 16.1. The summed E-state index contributed by atoms with van der Waals surface area (Å²) in [6.07, 6.45) is 2.40. The average molecular weight is 140 g/mol. The van der Waals surface area contributed by atoms with Gasteiger partial charge in [0.25, 0.3) is 0 Å². The lowest BCUT2D eigenvalue weighted by Crippen LogP contribution is -1.97. The predicted octanol–water partition coefficient (Wildman–Crippen LogP) is 2.26. The van der Waals surface area contributed by atoms with E-state index < -0.39 is 0 Å². The second-order valence-electron chi connectivity index (χ2n) is 3.84. The van der Waals surface area contributed by atoms with Crippen molar-refractivity contribution in [1.29, 1.82) is 0 Å². The molecule has 0 aliphatic heterocycles. The molecule has 0 N–H and O–H groups in total. The van der Waals surface area contributed by atoms with Crippen LogP contribution in [-0.4, -0.2) is 5.78 Å². The van der Waals surface area contributed by atoms with Crippen LogP contribution in [0.3, 0.4) is 0 Å². The first kappa shape index (κ1) is 7.77. The van der Waals surface area contributed by atoms with Crippen molar-refractivity contribution in [2.24, 2.45) is 17.8 Å². The standard InChI is InChI=1S/C9H16O/c1-6(2)4-8-5-9(8)7(3)10/h6,8-9H,4-5H2,1-3H3. The number of carbonyl (C=O) groups excluding carboxylic acids is 1. The average Bonchev–Trinajstić information content (AvgIpc) is 2.43. The second-order valence-corrected chi connectivity index (χ2v) is 3.84. The Bertz CT molecular complexity index is 138. The van der Waals surface area contributed by atoms with Crippen molar-refractivity contribution in [2.45, 2.75) is 33.6 Å². The third-order valence-electron chi connectivity index (χ3n) is 2.22. The molecule has 0 aromatic carbocycles. The van der Waals surface area contributed by atoms with Crippen molar-refractivity contribution in [3.63, 3.8) is 0 Å². The maximum atomic E-state index is 10.8. The normalized spacial score (nSPS) is 30.8. The molecule has 0 aromatic rings. The van der Waals surface area contributed by atoms with Gasteiger partial charge in [0.1, 0.15) is 5.78 Å². The topological polar surface area (TPSA) is 17.1 Å². The van der Waals surface area contributed by atoms with Gasteiger partial charge in [0.15, 0.2) is 0 Å². The first-order chi connectivity index (χ1) is 4.61. The molecule has 1 nitrogen and oxygen atoms in total. The van der Waals surface area contributed by atoms with Gasteiger partial charge in [0.05, 0.1) is 0 Å². The number of rotatable bonds is 3. The van der Waals surface area contributed by atoms with Gasteiger partial charge in [-0.15, -0.1) is 0 Å². The Kier molecular flexibility index (Phi) is 2.12. The van der Waals surface area contributed by atoms with Gasteiger partial charge in [-0.3, -0.25) is 4.79 Å². The van der Waals surface area contributed by atoms with Gasteiger partial charge in [-0.1, -0.05) is 13.8 Å². The SMILES string of the molecule is CC(=O)C1CC1CC(C)C. The van der Waals surface area contributed by atoms with Crippen LogP contribution in [0.4, 0.5) is 0 Å². The predicted molar refractivity (Wildman–Crippen MR) is 41.7 cm³/mol. The Morgan fingerprint density at radius 2 is 2.20 bits per heavy atom. The van der Waals surface area contributed by atoms with E-state index in [4.69, 9.17) is 0 Å². The van der Waals surface area contributed by atoms with E-state index >= 15 is 0 Å². The number of carbonyl (C=O) groups is 1. The molecule has 0 heterocycles. The number of Topliss-reactive ketones (excluding diaryl/α,β-unsaturated/α-hetero) is 1. The van der Waals surface area contributed by atoms with E-state index in [1.54, 1.807) is 6.92 Å². The summed E-state index contributed by atoms with van der Waals surface area (Å²) in [6, 6.07) is 0. The summed E-state index contributed by atoms with van der Waals surface area (Å²) < 4.78 is 0. The van der Waals surface area contributed by atoms with Crippen LogP contribution in [0.2, 0.25) is 0 Å². The van der Waals surface area contributed by atoms with Crippen LogP contribution >= 0.6 is 0 Å². The van der Waals surface area contributed by atoms with Crippen molar-refractivity contribution in [3.8, 4) is 0 Å². The number of hydrogen-bond donors (Lipinski definition) is 0. The Hall–Kier alpha value is -0.330. The van der Waals surface area contributed by atoms with Gasteiger partial charge in [-0.25, -0.2) is 0 Å². The van der Waals surface area contributed by atoms with E-state index in [1.165, 1.54) is 6.42 Å². The molecular weight excluding hydrogens is 124 g/mol. The molecule has 0 aromatic heterocycles. The summed E-state index contributed by atoms with van der Waals surface area (Å²) in [4.78, 5) is 10.8. The molecule has 10 heavy (non-hydrogen) atoms. The Balaban J connectivity index is 2.20. The zero-order valence-corrected chi connectivity index (χ0v) is 7.05. The molecule has 0 amide bonds. The van der Waals surface area contributed by atoms with E-state index in [-0.39, 0.29) is 0 Å². The third kappa shape index (κ3) is 1.83. The maximum absolute atomic E-state index is 10.8. The van der Waals surface area contributed by atoms with Crippen LogP contribution < -0.4 is 0 Å². The fraction of sp³-hybridized carbons (Fsp3) is 0.889. The minimum absolute atomic E-state index is 0.394. The van der Waals surface area contributed by atoms with E-state index in [0.29, 0.717) is 11.7 Å². The first-order valence-electron chi connectivity index (χ1n) is 4.11. The lowest BCUT2D eigenvalue weighted by atomic mass is 10.1. The lowest BCUT2D eigenvalue weighted by molar-refractivity contribution is -0.118. The monoisotopic (exact) mass is 140 g/mol. The van der Waals surface area contributed by atoms with Crippen molar-refractivity contribution >= 4 is 5.78 Å². The molecule has 2 atom stereocenters. The molecule has 0 spiro atoms. The van der Waals surface area contributed by atoms with E-state index in [9.17, 15) is 4.79 Å². The van der Waals surface area contributed by atoms with Gasteiger partial charge in [0, 0.05) is 5.92 Å². The molecule has 58 valence electrons. The van der Waals surface area contributed by atoms with E-state index in [0.717, 1.165) is 18.3 Å². The number of hydrogen-bond acceptors (Lipinski definition) is 1. The summed E-state index contributed by atoms with van der Waals surface area (Å²) in [6.45, 7) is 6.15. The molecule has 0 saturated heterocycles. The second kappa shape index (κ2) is 2.73. The van der Waals surface area contributed by atoms with Gasteiger partial charge in [0.2, 0.25) is 0 Å². The van der Waals surface area contributed by atoms with Crippen LogP contribution in [0.5, 0.6) is 0 Å². The van der Waals surface area contributed by atoms with Crippen LogP contribution in [0.15, 0.2) is 0 Å². The third-order valence-corrected chi connectivity index (χ3v) is 2.22. The van der Waals surface area contributed by atoms with Crippen LogP contribution in [0, 0.1) is 17.8 Å². The largest absolute Gasteiger partial charge is 0.300 e. The fourth-order valence-corrected chi connectivity index (χ4v) is 1.61. The van der Waals surface area contributed by atoms with Gasteiger partial charge >= 0.3 is 0 Å². The highest BCUT2D eigenvalue weighted by Gasteiger charge is 2.40. The molecule has 1 fully saturated rings. The van der Waals surface area contributed by atoms with Crippen molar-refractivity contribution in [2.75, 3.05) is 0 Å². The first-order valence-corrected chi connectivity index (χ1v) is 4.11. The summed E-state index contributed by atoms with van der Waals surface area (Å²) in [7, 11) is 0. The molecular formula is C9H16O. The minimum atomic E-state index is 0.394. The molecule has 1 aliphatic carbocycles. The van der Waals surface area contributed by atoms with Gasteiger partial charge in [-0.05, 0) is 31.6 Å². The Labute approximate surface area is 62.8 Å². The quantitative estimate of drug-likeness (QED) is 0.587. The van der Waals surface area contributed by atoms with Crippen molar-refractivity contribution in [1.82, 2.24) is 0 Å². The molecule has 1 aliphatic rings. The Morgan fingerprint density at radius 1 is 1.60 bits per heavy atom. The molecule has 1 heteroatoms. The zero-order chi connectivity index (χ0) is 7.72. The Morgan fingerprint density at radius 3 is 2.50 bits per heavy atom. The maximum Gasteiger partial charge on any atom is 0.133 e. The zero-order valence-electron chi connectivity index (χ0n) is 7.05. The molecule has 1 rings (SSSR count). The molecule has 0 radical (unpaired) electrons. The van der Waals surface area contributed by atoms with Crippen LogP contribution in [0.25, 0.3) is 0 Å². The lowest BCUT2D eigenvalue weighted by Gasteiger charge is -2.00. The highest BCUT2D eigenvalue weighted by Crippen LogP contribution is 2.43. The minimum Gasteiger partial charge on any atom is -0.300 e. The molecule has 0 bridgehead atoms. The van der Waals surface area contributed by atoms with Crippen molar-refractivity contribution in [3.05, 3.63) is 0 Å². The number of ketones is 1. The smallest absolute Gasteiger partial charge is 0.133 e. The summed E-state index contributed by atoms with van der Waals surface area (Å²) in [5.74, 6) is 2.32. The van der Waals surface area contributed by atoms with Gasteiger partial charge < -0.3 is 0 Å². The van der Waals surface area contributed by atoms with E-state index in [2.05, 4.69) is 13.8 Å². The van der Waals surface area contributed by atoms with Crippen LogP contribution in [-0.2, 0) is 4.79 Å². The summed E-state index contributed by atoms with van der Waals surface area (Å²) >= 11 is 0. The van der Waals surface area contributed by atoms with E-state index in [1.807, 2.05) is 0 Å². The van der Waals surface area contributed by atoms with Crippen LogP contribution in [0.1, 0.15) is 33.6 Å². The van der Waals surface area contributed by atoms with Crippen molar-refractivity contribution < 1.29 is 4.79 Å².